The minimum atomic E-state index is 0.715. The SMILES string of the molecule is CNc1nccnc1-c1sccc1Cl. The molecule has 0 saturated carbocycles. The van der Waals surface area contributed by atoms with Gasteiger partial charge in [-0.1, -0.05) is 11.6 Å². The van der Waals surface area contributed by atoms with Gasteiger partial charge in [0.05, 0.1) is 9.90 Å². The number of thiophene rings is 1. The number of nitrogens with zero attached hydrogens (tertiary/aromatic N) is 2. The number of aromatic nitrogens is 2. The second-order valence-electron chi connectivity index (χ2n) is 2.60. The van der Waals surface area contributed by atoms with E-state index in [2.05, 4.69) is 15.3 Å². The summed E-state index contributed by atoms with van der Waals surface area (Å²) in [5.41, 5.74) is 0.801. The highest BCUT2D eigenvalue weighted by Crippen LogP contribution is 2.34. The molecule has 2 rings (SSSR count). The van der Waals surface area contributed by atoms with Crippen LogP contribution in [0.4, 0.5) is 5.82 Å². The van der Waals surface area contributed by atoms with Crippen molar-refractivity contribution in [3.63, 3.8) is 0 Å². The lowest BCUT2D eigenvalue weighted by Gasteiger charge is -2.04. The highest BCUT2D eigenvalue weighted by Gasteiger charge is 2.10. The number of rotatable bonds is 2. The van der Waals surface area contributed by atoms with Crippen molar-refractivity contribution in [3.8, 4) is 10.6 Å². The van der Waals surface area contributed by atoms with E-state index >= 15 is 0 Å². The summed E-state index contributed by atoms with van der Waals surface area (Å²) in [5, 5.41) is 5.64. The Morgan fingerprint density at radius 2 is 2.14 bits per heavy atom. The molecule has 0 bridgehead atoms. The summed E-state index contributed by atoms with van der Waals surface area (Å²) in [6.45, 7) is 0. The van der Waals surface area contributed by atoms with E-state index in [9.17, 15) is 0 Å². The van der Waals surface area contributed by atoms with Crippen molar-refractivity contribution in [3.05, 3.63) is 28.9 Å². The maximum atomic E-state index is 6.02. The molecule has 14 heavy (non-hydrogen) atoms. The number of nitrogens with one attached hydrogen (secondary N) is 1. The summed E-state index contributed by atoms with van der Waals surface area (Å²) in [7, 11) is 1.81. The van der Waals surface area contributed by atoms with Crippen molar-refractivity contribution in [2.45, 2.75) is 0 Å². The maximum Gasteiger partial charge on any atom is 0.153 e. The van der Waals surface area contributed by atoms with Crippen LogP contribution in [0, 0.1) is 0 Å². The topological polar surface area (TPSA) is 37.8 Å². The molecule has 5 heteroatoms. The van der Waals surface area contributed by atoms with Gasteiger partial charge in [-0.3, -0.25) is 0 Å². The number of hydrogen-bond donors (Lipinski definition) is 1. The van der Waals surface area contributed by atoms with Crippen LogP contribution in [0.1, 0.15) is 0 Å². The lowest BCUT2D eigenvalue weighted by molar-refractivity contribution is 1.20. The van der Waals surface area contributed by atoms with Gasteiger partial charge >= 0.3 is 0 Å². The second kappa shape index (κ2) is 3.94. The molecule has 0 radical (unpaired) electrons. The molecular formula is C9H8ClN3S. The minimum Gasteiger partial charge on any atom is -0.371 e. The van der Waals surface area contributed by atoms with E-state index < -0.39 is 0 Å². The van der Waals surface area contributed by atoms with Crippen LogP contribution in [0.25, 0.3) is 10.6 Å². The van der Waals surface area contributed by atoms with Crippen molar-refractivity contribution in [1.82, 2.24) is 9.97 Å². The molecule has 2 aromatic rings. The Hall–Kier alpha value is -1.13. The first kappa shape index (κ1) is 9.43. The van der Waals surface area contributed by atoms with Gasteiger partial charge in [-0.05, 0) is 11.4 Å². The third-order valence-electron chi connectivity index (χ3n) is 1.77. The maximum absolute atomic E-state index is 6.02. The minimum absolute atomic E-state index is 0.715. The van der Waals surface area contributed by atoms with Gasteiger partial charge in [0.1, 0.15) is 5.69 Å². The highest BCUT2D eigenvalue weighted by molar-refractivity contribution is 7.14. The van der Waals surface area contributed by atoms with Crippen molar-refractivity contribution in [2.75, 3.05) is 12.4 Å². The van der Waals surface area contributed by atoms with Crippen molar-refractivity contribution < 1.29 is 0 Å². The van der Waals surface area contributed by atoms with Crippen molar-refractivity contribution >= 4 is 28.8 Å². The van der Waals surface area contributed by atoms with Crippen LogP contribution in [0.3, 0.4) is 0 Å². The average Bonchev–Trinajstić information content (AvgIpc) is 2.64. The Morgan fingerprint density at radius 1 is 1.36 bits per heavy atom. The molecule has 0 fully saturated rings. The normalized spacial score (nSPS) is 10.1. The molecule has 0 amide bonds. The van der Waals surface area contributed by atoms with Crippen molar-refractivity contribution in [1.29, 1.82) is 0 Å². The van der Waals surface area contributed by atoms with Gasteiger partial charge in [-0.2, -0.15) is 0 Å². The molecule has 0 aliphatic heterocycles. The predicted octanol–water partition coefficient (Wildman–Crippen LogP) is 2.90. The molecule has 0 saturated heterocycles. The average molecular weight is 226 g/mol. The molecule has 0 atom stereocenters. The van der Waals surface area contributed by atoms with Gasteiger partial charge in [0, 0.05) is 19.4 Å². The summed E-state index contributed by atoms with van der Waals surface area (Å²) in [6, 6.07) is 1.86. The number of halogens is 1. The molecule has 0 spiro atoms. The first-order chi connectivity index (χ1) is 6.83. The van der Waals surface area contributed by atoms with Gasteiger partial charge in [0.15, 0.2) is 5.82 Å². The second-order valence-corrected chi connectivity index (χ2v) is 3.92. The van der Waals surface area contributed by atoms with Crippen LogP contribution in [-0.4, -0.2) is 17.0 Å². The summed E-state index contributed by atoms with van der Waals surface area (Å²) in [5.74, 6) is 0.747. The van der Waals surface area contributed by atoms with E-state index in [-0.39, 0.29) is 0 Å². The van der Waals surface area contributed by atoms with Crippen LogP contribution < -0.4 is 5.32 Å². The zero-order chi connectivity index (χ0) is 9.97. The third-order valence-corrected chi connectivity index (χ3v) is 3.12. The Balaban J connectivity index is 2.56. The molecule has 2 aromatic heterocycles. The Morgan fingerprint density at radius 3 is 2.79 bits per heavy atom. The third kappa shape index (κ3) is 1.58. The number of anilines is 1. The van der Waals surface area contributed by atoms with E-state index in [1.54, 1.807) is 23.7 Å². The van der Waals surface area contributed by atoms with Crippen LogP contribution in [0.2, 0.25) is 5.02 Å². The van der Waals surface area contributed by atoms with E-state index in [1.165, 1.54) is 0 Å². The smallest absolute Gasteiger partial charge is 0.153 e. The molecule has 0 unspecified atom stereocenters. The molecule has 0 aromatic carbocycles. The predicted molar refractivity (Wildman–Crippen MR) is 59.9 cm³/mol. The highest BCUT2D eigenvalue weighted by atomic mass is 35.5. The van der Waals surface area contributed by atoms with Crippen molar-refractivity contribution in [2.24, 2.45) is 0 Å². The van der Waals surface area contributed by atoms with Gasteiger partial charge in [-0.15, -0.1) is 11.3 Å². The summed E-state index contributed by atoms with van der Waals surface area (Å²) in [6.07, 6.45) is 3.31. The van der Waals surface area contributed by atoms with Gasteiger partial charge in [0.2, 0.25) is 0 Å². The molecule has 0 aliphatic rings. The summed E-state index contributed by atoms with van der Waals surface area (Å²) < 4.78 is 0. The molecule has 3 nitrogen and oxygen atoms in total. The molecule has 2 heterocycles. The Kier molecular flexibility index (Phi) is 2.65. The lowest BCUT2D eigenvalue weighted by Crippen LogP contribution is -1.96. The van der Waals surface area contributed by atoms with Gasteiger partial charge in [0.25, 0.3) is 0 Å². The number of hydrogen-bond acceptors (Lipinski definition) is 4. The monoisotopic (exact) mass is 225 g/mol. The fraction of sp³-hybridized carbons (Fsp3) is 0.111. The van der Waals surface area contributed by atoms with Gasteiger partial charge in [-0.25, -0.2) is 9.97 Å². The molecular weight excluding hydrogens is 218 g/mol. The zero-order valence-electron chi connectivity index (χ0n) is 7.49. The molecule has 1 N–H and O–H groups in total. The quantitative estimate of drug-likeness (QED) is 0.854. The van der Waals surface area contributed by atoms with E-state index in [0.29, 0.717) is 5.02 Å². The fourth-order valence-corrected chi connectivity index (χ4v) is 2.29. The van der Waals surface area contributed by atoms with Crippen LogP contribution in [-0.2, 0) is 0 Å². The van der Waals surface area contributed by atoms with Gasteiger partial charge < -0.3 is 5.32 Å². The van der Waals surface area contributed by atoms with E-state index in [0.717, 1.165) is 16.4 Å². The van der Waals surface area contributed by atoms with Crippen LogP contribution in [0.15, 0.2) is 23.8 Å². The van der Waals surface area contributed by atoms with E-state index in [4.69, 9.17) is 11.6 Å². The van der Waals surface area contributed by atoms with Crippen LogP contribution >= 0.6 is 22.9 Å². The summed E-state index contributed by atoms with van der Waals surface area (Å²) in [4.78, 5) is 9.37. The Bertz CT molecular complexity index is 441. The first-order valence-electron chi connectivity index (χ1n) is 4.05. The Labute approximate surface area is 90.8 Å². The largest absolute Gasteiger partial charge is 0.371 e. The standard InChI is InChI=1S/C9H8ClN3S/c1-11-9-7(12-3-4-13-9)8-6(10)2-5-14-8/h2-5H,1H3,(H,11,13). The molecule has 0 aliphatic carbocycles. The lowest BCUT2D eigenvalue weighted by atomic mass is 10.3. The fourth-order valence-electron chi connectivity index (χ4n) is 1.15. The zero-order valence-corrected chi connectivity index (χ0v) is 9.06. The van der Waals surface area contributed by atoms with E-state index in [1.807, 2.05) is 18.5 Å². The molecule has 72 valence electrons. The van der Waals surface area contributed by atoms with Crippen LogP contribution in [0.5, 0.6) is 0 Å². The summed E-state index contributed by atoms with van der Waals surface area (Å²) >= 11 is 7.58. The first-order valence-corrected chi connectivity index (χ1v) is 5.31.